The molecule has 2 aromatic carbocycles. The van der Waals surface area contributed by atoms with E-state index in [4.69, 9.17) is 11.5 Å². The van der Waals surface area contributed by atoms with E-state index in [1.807, 2.05) is 18.2 Å². The van der Waals surface area contributed by atoms with Crippen molar-refractivity contribution in [3.8, 4) is 0 Å². The molecule has 0 aromatic heterocycles. The SMILES string of the molecule is CCCCCCCc1ccc2ccc(N)cc2c1N. The summed E-state index contributed by atoms with van der Waals surface area (Å²) in [5.41, 5.74) is 15.1. The van der Waals surface area contributed by atoms with E-state index in [1.54, 1.807) is 0 Å². The molecule has 0 aliphatic rings. The lowest BCUT2D eigenvalue weighted by Crippen LogP contribution is -1.97. The van der Waals surface area contributed by atoms with E-state index < -0.39 is 0 Å². The van der Waals surface area contributed by atoms with Crippen molar-refractivity contribution in [1.82, 2.24) is 0 Å². The summed E-state index contributed by atoms with van der Waals surface area (Å²) in [6.45, 7) is 2.24. The van der Waals surface area contributed by atoms with Gasteiger partial charge in [-0.25, -0.2) is 0 Å². The van der Waals surface area contributed by atoms with Crippen molar-refractivity contribution in [2.24, 2.45) is 0 Å². The highest BCUT2D eigenvalue weighted by molar-refractivity contribution is 5.96. The average molecular weight is 256 g/mol. The first kappa shape index (κ1) is 13.7. The maximum absolute atomic E-state index is 6.27. The van der Waals surface area contributed by atoms with Crippen LogP contribution in [0.25, 0.3) is 10.8 Å². The number of unbranched alkanes of at least 4 members (excludes halogenated alkanes) is 4. The molecule has 2 heteroatoms. The van der Waals surface area contributed by atoms with Crippen LogP contribution in [-0.2, 0) is 6.42 Å². The molecular weight excluding hydrogens is 232 g/mol. The van der Waals surface area contributed by atoms with E-state index in [2.05, 4.69) is 19.1 Å². The molecule has 102 valence electrons. The highest BCUT2D eigenvalue weighted by Gasteiger charge is 2.04. The summed E-state index contributed by atoms with van der Waals surface area (Å²) in [4.78, 5) is 0. The fourth-order valence-electron chi connectivity index (χ4n) is 2.54. The maximum Gasteiger partial charge on any atom is 0.0427 e. The minimum atomic E-state index is 0.777. The quantitative estimate of drug-likeness (QED) is 0.590. The van der Waals surface area contributed by atoms with Crippen LogP contribution in [-0.4, -0.2) is 0 Å². The van der Waals surface area contributed by atoms with Crippen LogP contribution in [0.15, 0.2) is 30.3 Å². The number of anilines is 2. The van der Waals surface area contributed by atoms with Gasteiger partial charge in [0.2, 0.25) is 0 Å². The fourth-order valence-corrected chi connectivity index (χ4v) is 2.54. The van der Waals surface area contributed by atoms with Crippen molar-refractivity contribution in [1.29, 1.82) is 0 Å². The van der Waals surface area contributed by atoms with Crippen LogP contribution < -0.4 is 11.5 Å². The number of rotatable bonds is 6. The zero-order valence-corrected chi connectivity index (χ0v) is 11.8. The minimum Gasteiger partial charge on any atom is -0.399 e. The van der Waals surface area contributed by atoms with Gasteiger partial charge in [0.1, 0.15) is 0 Å². The Bertz CT molecular complexity index is 546. The molecule has 0 heterocycles. The zero-order chi connectivity index (χ0) is 13.7. The summed E-state index contributed by atoms with van der Waals surface area (Å²) < 4.78 is 0. The molecule has 0 spiro atoms. The van der Waals surface area contributed by atoms with Gasteiger partial charge in [0, 0.05) is 16.8 Å². The summed E-state index contributed by atoms with van der Waals surface area (Å²) in [6.07, 6.45) is 7.54. The predicted octanol–water partition coefficient (Wildman–Crippen LogP) is 4.52. The Hall–Kier alpha value is -1.70. The van der Waals surface area contributed by atoms with Gasteiger partial charge in [-0.15, -0.1) is 0 Å². The predicted molar refractivity (Wildman–Crippen MR) is 85.2 cm³/mol. The van der Waals surface area contributed by atoms with Gasteiger partial charge in [0.05, 0.1) is 0 Å². The third-order valence-electron chi connectivity index (χ3n) is 3.73. The molecule has 0 aliphatic heterocycles. The van der Waals surface area contributed by atoms with Gasteiger partial charge >= 0.3 is 0 Å². The topological polar surface area (TPSA) is 52.0 Å². The van der Waals surface area contributed by atoms with Gasteiger partial charge < -0.3 is 11.5 Å². The standard InChI is InChI=1S/C17H24N2/c1-2-3-4-5-6-7-14-9-8-13-10-11-15(18)12-16(13)17(14)19/h8-12H,2-7,18-19H2,1H3. The van der Waals surface area contributed by atoms with Gasteiger partial charge in [-0.3, -0.25) is 0 Å². The Kier molecular flexibility index (Phi) is 4.67. The summed E-state index contributed by atoms with van der Waals surface area (Å²) in [7, 11) is 0. The van der Waals surface area contributed by atoms with Crippen LogP contribution in [0.3, 0.4) is 0 Å². The smallest absolute Gasteiger partial charge is 0.0427 e. The van der Waals surface area contributed by atoms with E-state index in [1.165, 1.54) is 43.1 Å². The first-order valence-electron chi connectivity index (χ1n) is 7.29. The lowest BCUT2D eigenvalue weighted by molar-refractivity contribution is 0.633. The molecular formula is C17H24N2. The largest absolute Gasteiger partial charge is 0.399 e. The third kappa shape index (κ3) is 3.40. The van der Waals surface area contributed by atoms with E-state index in [-0.39, 0.29) is 0 Å². The fraction of sp³-hybridized carbons (Fsp3) is 0.412. The van der Waals surface area contributed by atoms with Gasteiger partial charge in [-0.05, 0) is 35.9 Å². The van der Waals surface area contributed by atoms with Gasteiger partial charge in [-0.1, -0.05) is 50.8 Å². The first-order chi connectivity index (χ1) is 9.22. The van der Waals surface area contributed by atoms with Crippen molar-refractivity contribution in [2.75, 3.05) is 11.5 Å². The summed E-state index contributed by atoms with van der Waals surface area (Å²) in [5, 5.41) is 2.26. The molecule has 4 N–H and O–H groups in total. The summed E-state index contributed by atoms with van der Waals surface area (Å²) >= 11 is 0. The maximum atomic E-state index is 6.27. The number of benzene rings is 2. The lowest BCUT2D eigenvalue weighted by atomic mass is 9.99. The van der Waals surface area contributed by atoms with Crippen molar-refractivity contribution in [3.63, 3.8) is 0 Å². The number of aryl methyl sites for hydroxylation is 1. The third-order valence-corrected chi connectivity index (χ3v) is 3.73. The number of fused-ring (bicyclic) bond motifs is 1. The molecule has 19 heavy (non-hydrogen) atoms. The molecule has 0 atom stereocenters. The second-order valence-electron chi connectivity index (χ2n) is 5.28. The van der Waals surface area contributed by atoms with E-state index >= 15 is 0 Å². The molecule has 0 fully saturated rings. The van der Waals surface area contributed by atoms with Crippen LogP contribution in [0.4, 0.5) is 11.4 Å². The lowest BCUT2D eigenvalue weighted by Gasteiger charge is -2.10. The molecule has 2 nitrogen and oxygen atoms in total. The second-order valence-corrected chi connectivity index (χ2v) is 5.28. The molecule has 0 saturated carbocycles. The number of nitrogens with two attached hydrogens (primary N) is 2. The average Bonchev–Trinajstić information content (AvgIpc) is 2.41. The molecule has 0 radical (unpaired) electrons. The Morgan fingerprint density at radius 1 is 0.895 bits per heavy atom. The van der Waals surface area contributed by atoms with Gasteiger partial charge in [0.15, 0.2) is 0 Å². The summed E-state index contributed by atoms with van der Waals surface area (Å²) in [5.74, 6) is 0. The van der Waals surface area contributed by atoms with Crippen LogP contribution in [0.5, 0.6) is 0 Å². The molecule has 0 amide bonds. The van der Waals surface area contributed by atoms with Crippen molar-refractivity contribution < 1.29 is 0 Å². The van der Waals surface area contributed by atoms with Crippen LogP contribution >= 0.6 is 0 Å². The molecule has 2 rings (SSSR count). The molecule has 0 bridgehead atoms. The highest BCUT2D eigenvalue weighted by atomic mass is 14.6. The second kappa shape index (κ2) is 6.46. The Morgan fingerprint density at radius 3 is 2.42 bits per heavy atom. The van der Waals surface area contributed by atoms with E-state index in [0.29, 0.717) is 0 Å². The highest BCUT2D eigenvalue weighted by Crippen LogP contribution is 2.27. The van der Waals surface area contributed by atoms with Crippen molar-refractivity contribution >= 4 is 22.1 Å². The molecule has 2 aromatic rings. The first-order valence-corrected chi connectivity index (χ1v) is 7.29. The van der Waals surface area contributed by atoms with Gasteiger partial charge in [0.25, 0.3) is 0 Å². The Morgan fingerprint density at radius 2 is 1.63 bits per heavy atom. The Balaban J connectivity index is 2.09. The minimum absolute atomic E-state index is 0.777. The Labute approximate surface area is 115 Å². The van der Waals surface area contributed by atoms with Crippen molar-refractivity contribution in [2.45, 2.75) is 45.4 Å². The molecule has 0 unspecified atom stereocenters. The van der Waals surface area contributed by atoms with Crippen LogP contribution in [0.2, 0.25) is 0 Å². The van der Waals surface area contributed by atoms with Crippen LogP contribution in [0, 0.1) is 0 Å². The number of nitrogen functional groups attached to an aromatic ring is 2. The van der Waals surface area contributed by atoms with E-state index in [0.717, 1.165) is 23.2 Å². The van der Waals surface area contributed by atoms with Crippen molar-refractivity contribution in [3.05, 3.63) is 35.9 Å². The normalized spacial score (nSPS) is 11.0. The summed E-state index contributed by atoms with van der Waals surface area (Å²) in [6, 6.07) is 10.2. The van der Waals surface area contributed by atoms with Crippen LogP contribution in [0.1, 0.15) is 44.6 Å². The van der Waals surface area contributed by atoms with Gasteiger partial charge in [-0.2, -0.15) is 0 Å². The zero-order valence-electron chi connectivity index (χ0n) is 11.8. The van der Waals surface area contributed by atoms with E-state index in [9.17, 15) is 0 Å². The monoisotopic (exact) mass is 256 g/mol. The molecule has 0 aliphatic carbocycles. The molecule has 0 saturated heterocycles. The number of hydrogen-bond donors (Lipinski definition) is 2. The number of hydrogen-bond acceptors (Lipinski definition) is 2.